The fourth-order valence-corrected chi connectivity index (χ4v) is 3.53. The molecule has 2 unspecified atom stereocenters. The van der Waals surface area contributed by atoms with Gasteiger partial charge in [-0.1, -0.05) is 38.5 Å². The molecular formula is C15H28N2O2. The Hall–Kier alpha value is -0.610. The number of nitrogens with two attached hydrogens (primary N) is 1. The van der Waals surface area contributed by atoms with Crippen molar-refractivity contribution < 1.29 is 9.90 Å². The Morgan fingerprint density at radius 3 is 2.42 bits per heavy atom. The fourth-order valence-electron chi connectivity index (χ4n) is 3.53. The minimum absolute atomic E-state index is 0.0691. The van der Waals surface area contributed by atoms with Crippen LogP contribution in [0.3, 0.4) is 0 Å². The van der Waals surface area contributed by atoms with Crippen molar-refractivity contribution in [1.82, 2.24) is 5.32 Å². The normalized spacial score (nSPS) is 31.5. The van der Waals surface area contributed by atoms with Crippen molar-refractivity contribution in [2.24, 2.45) is 11.1 Å². The van der Waals surface area contributed by atoms with E-state index in [1.165, 1.54) is 6.42 Å². The molecule has 2 saturated carbocycles. The minimum Gasteiger partial charge on any atom is -0.391 e. The van der Waals surface area contributed by atoms with Gasteiger partial charge in [0, 0.05) is 6.54 Å². The second-order valence-electron chi connectivity index (χ2n) is 6.33. The first kappa shape index (κ1) is 14.8. The first-order valence-electron chi connectivity index (χ1n) is 7.87. The lowest BCUT2D eigenvalue weighted by Crippen LogP contribution is -2.52. The molecule has 0 heterocycles. The molecule has 0 aliphatic heterocycles. The predicted octanol–water partition coefficient (Wildman–Crippen LogP) is 1.71. The molecule has 0 aromatic carbocycles. The van der Waals surface area contributed by atoms with E-state index < -0.39 is 0 Å². The van der Waals surface area contributed by atoms with E-state index in [1.807, 2.05) is 0 Å². The van der Waals surface area contributed by atoms with Crippen LogP contribution in [0.15, 0.2) is 0 Å². The average Bonchev–Trinajstić information content (AvgIpc) is 2.65. The molecule has 0 saturated heterocycles. The number of aliphatic hydroxyl groups excluding tert-OH is 1. The maximum Gasteiger partial charge on any atom is 0.227 e. The second kappa shape index (κ2) is 6.71. The molecule has 2 aliphatic carbocycles. The van der Waals surface area contributed by atoms with Gasteiger partial charge in [-0.3, -0.25) is 4.79 Å². The molecule has 19 heavy (non-hydrogen) atoms. The van der Waals surface area contributed by atoms with Gasteiger partial charge in [0.25, 0.3) is 0 Å². The van der Waals surface area contributed by atoms with Crippen LogP contribution in [-0.2, 0) is 4.79 Å². The molecule has 0 bridgehead atoms. The van der Waals surface area contributed by atoms with Gasteiger partial charge in [-0.15, -0.1) is 0 Å². The van der Waals surface area contributed by atoms with Gasteiger partial charge < -0.3 is 16.2 Å². The highest BCUT2D eigenvalue weighted by molar-refractivity contribution is 5.83. The van der Waals surface area contributed by atoms with Crippen LogP contribution in [0.1, 0.15) is 64.2 Å². The molecule has 1 amide bonds. The summed E-state index contributed by atoms with van der Waals surface area (Å²) in [5.41, 5.74) is 5.52. The first-order valence-corrected chi connectivity index (χ1v) is 7.87. The summed E-state index contributed by atoms with van der Waals surface area (Å²) >= 11 is 0. The zero-order chi connectivity index (χ0) is 13.7. The average molecular weight is 268 g/mol. The molecule has 110 valence electrons. The van der Waals surface area contributed by atoms with Crippen molar-refractivity contribution in [1.29, 1.82) is 0 Å². The first-order chi connectivity index (χ1) is 9.18. The van der Waals surface area contributed by atoms with Gasteiger partial charge in [0.2, 0.25) is 5.91 Å². The SMILES string of the molecule is NCC1(C(=O)NC2CCCCCC2O)CCCCC1. The van der Waals surface area contributed by atoms with Gasteiger partial charge >= 0.3 is 0 Å². The summed E-state index contributed by atoms with van der Waals surface area (Å²) in [4.78, 5) is 12.6. The summed E-state index contributed by atoms with van der Waals surface area (Å²) in [5, 5.41) is 13.2. The fraction of sp³-hybridized carbons (Fsp3) is 0.933. The van der Waals surface area contributed by atoms with Crippen LogP contribution in [0.25, 0.3) is 0 Å². The van der Waals surface area contributed by atoms with Gasteiger partial charge in [-0.2, -0.15) is 0 Å². The Balaban J connectivity index is 1.97. The molecule has 0 aromatic heterocycles. The van der Waals surface area contributed by atoms with Crippen LogP contribution in [-0.4, -0.2) is 29.7 Å². The molecule has 2 aliphatic rings. The summed E-state index contributed by atoms with van der Waals surface area (Å²) in [6.07, 6.45) is 9.84. The van der Waals surface area contributed by atoms with E-state index in [0.717, 1.165) is 57.8 Å². The number of carbonyl (C=O) groups excluding carboxylic acids is 1. The Bertz CT molecular complexity index is 301. The van der Waals surface area contributed by atoms with E-state index >= 15 is 0 Å². The van der Waals surface area contributed by atoms with Crippen molar-refractivity contribution >= 4 is 5.91 Å². The highest BCUT2D eigenvalue weighted by atomic mass is 16.3. The van der Waals surface area contributed by atoms with E-state index in [2.05, 4.69) is 5.32 Å². The minimum atomic E-state index is -0.384. The van der Waals surface area contributed by atoms with E-state index in [1.54, 1.807) is 0 Å². The summed E-state index contributed by atoms with van der Waals surface area (Å²) in [6.45, 7) is 0.432. The molecule has 4 heteroatoms. The van der Waals surface area contributed by atoms with E-state index in [4.69, 9.17) is 5.73 Å². The number of nitrogens with one attached hydrogen (secondary N) is 1. The largest absolute Gasteiger partial charge is 0.391 e. The maximum absolute atomic E-state index is 12.6. The standard InChI is InChI=1S/C15H28N2O2/c16-11-15(9-5-2-6-10-15)14(19)17-12-7-3-1-4-8-13(12)18/h12-13,18H,1-11,16H2,(H,17,19). The monoisotopic (exact) mass is 268 g/mol. The maximum atomic E-state index is 12.6. The van der Waals surface area contributed by atoms with Gasteiger partial charge in [0.05, 0.1) is 17.6 Å². The van der Waals surface area contributed by atoms with E-state index in [0.29, 0.717) is 6.54 Å². The molecule has 4 N–H and O–H groups in total. The summed E-state index contributed by atoms with van der Waals surface area (Å²) in [5.74, 6) is 0.0839. The Labute approximate surface area is 116 Å². The molecule has 0 spiro atoms. The topological polar surface area (TPSA) is 75.4 Å². The van der Waals surface area contributed by atoms with Crippen LogP contribution in [0.2, 0.25) is 0 Å². The molecule has 2 fully saturated rings. The summed E-state index contributed by atoms with van der Waals surface area (Å²) in [7, 11) is 0. The van der Waals surface area contributed by atoms with E-state index in [-0.39, 0.29) is 23.5 Å². The number of aliphatic hydroxyl groups is 1. The molecule has 2 rings (SSSR count). The van der Waals surface area contributed by atoms with Gasteiger partial charge in [-0.25, -0.2) is 0 Å². The van der Waals surface area contributed by atoms with Crippen LogP contribution in [0, 0.1) is 5.41 Å². The smallest absolute Gasteiger partial charge is 0.227 e. The number of amides is 1. The van der Waals surface area contributed by atoms with Crippen LogP contribution >= 0.6 is 0 Å². The van der Waals surface area contributed by atoms with Gasteiger partial charge in [-0.05, 0) is 25.7 Å². The van der Waals surface area contributed by atoms with Gasteiger partial charge in [0.1, 0.15) is 0 Å². The van der Waals surface area contributed by atoms with Crippen LogP contribution in [0.5, 0.6) is 0 Å². The Morgan fingerprint density at radius 2 is 1.74 bits per heavy atom. The van der Waals surface area contributed by atoms with Crippen molar-refractivity contribution in [2.45, 2.75) is 76.4 Å². The lowest BCUT2D eigenvalue weighted by atomic mass is 9.73. The van der Waals surface area contributed by atoms with Crippen LogP contribution < -0.4 is 11.1 Å². The molecular weight excluding hydrogens is 240 g/mol. The van der Waals surface area contributed by atoms with Gasteiger partial charge in [0.15, 0.2) is 0 Å². The molecule has 4 nitrogen and oxygen atoms in total. The zero-order valence-electron chi connectivity index (χ0n) is 11.9. The quantitative estimate of drug-likeness (QED) is 0.682. The lowest BCUT2D eigenvalue weighted by Gasteiger charge is -2.36. The Kier molecular flexibility index (Phi) is 5.22. The second-order valence-corrected chi connectivity index (χ2v) is 6.33. The molecule has 0 aromatic rings. The van der Waals surface area contributed by atoms with Crippen molar-refractivity contribution in [3.05, 3.63) is 0 Å². The van der Waals surface area contributed by atoms with Crippen LogP contribution in [0.4, 0.5) is 0 Å². The summed E-state index contributed by atoms with van der Waals surface area (Å²) < 4.78 is 0. The summed E-state index contributed by atoms with van der Waals surface area (Å²) in [6, 6.07) is -0.0691. The number of carbonyl (C=O) groups is 1. The number of hydrogen-bond donors (Lipinski definition) is 3. The number of rotatable bonds is 3. The van der Waals surface area contributed by atoms with Crippen molar-refractivity contribution in [3.63, 3.8) is 0 Å². The van der Waals surface area contributed by atoms with E-state index in [9.17, 15) is 9.90 Å². The predicted molar refractivity (Wildman–Crippen MR) is 75.6 cm³/mol. The lowest BCUT2D eigenvalue weighted by molar-refractivity contribution is -0.134. The molecule has 0 radical (unpaired) electrons. The third kappa shape index (κ3) is 3.48. The third-order valence-corrected chi connectivity index (χ3v) is 4.98. The third-order valence-electron chi connectivity index (χ3n) is 4.98. The Morgan fingerprint density at radius 1 is 1.11 bits per heavy atom. The molecule has 2 atom stereocenters. The van der Waals surface area contributed by atoms with Crippen molar-refractivity contribution in [3.8, 4) is 0 Å². The number of hydrogen-bond acceptors (Lipinski definition) is 3. The van der Waals surface area contributed by atoms with Crippen molar-refractivity contribution in [2.75, 3.05) is 6.54 Å². The highest BCUT2D eigenvalue weighted by Gasteiger charge is 2.39. The zero-order valence-corrected chi connectivity index (χ0v) is 11.9. The highest BCUT2D eigenvalue weighted by Crippen LogP contribution is 2.36.